The number of ether oxygens (including phenoxy) is 1. The minimum atomic E-state index is -4.35. The smallest absolute Gasteiger partial charge is 0.367 e. The van der Waals surface area contributed by atoms with Crippen molar-refractivity contribution in [3.05, 3.63) is 58.8 Å². The van der Waals surface area contributed by atoms with Crippen molar-refractivity contribution in [2.45, 2.75) is 40.1 Å². The number of nitrogens with zero attached hydrogens (tertiary/aromatic N) is 1. The van der Waals surface area contributed by atoms with Crippen LogP contribution in [0, 0.1) is 12.8 Å². The van der Waals surface area contributed by atoms with Gasteiger partial charge in [0.05, 0.1) is 6.61 Å². The van der Waals surface area contributed by atoms with Crippen molar-refractivity contribution in [3.8, 4) is 0 Å². The maximum Gasteiger partial charge on any atom is 0.411 e. The van der Waals surface area contributed by atoms with Crippen LogP contribution in [-0.2, 0) is 22.7 Å². The lowest BCUT2D eigenvalue weighted by Crippen LogP contribution is -2.24. The average Bonchev–Trinajstić information content (AvgIpc) is 2.65. The maximum absolute atomic E-state index is 12.5. The molecular weight excluding hydrogens is 399 g/mol. The van der Waals surface area contributed by atoms with Crippen LogP contribution in [-0.4, -0.2) is 29.6 Å². The van der Waals surface area contributed by atoms with Crippen molar-refractivity contribution in [1.82, 2.24) is 10.3 Å². The molecule has 30 heavy (non-hydrogen) atoms. The number of benzene rings is 1. The number of alkyl halides is 3. The molecule has 2 rings (SSSR count). The molecule has 1 heterocycles. The molecule has 1 aromatic heterocycles. The van der Waals surface area contributed by atoms with Crippen molar-refractivity contribution < 1.29 is 27.5 Å². The largest absolute Gasteiger partial charge is 0.411 e. The molecular formula is C21H24F3N3O3. The quantitative estimate of drug-likeness (QED) is 0.673. The van der Waals surface area contributed by atoms with Gasteiger partial charge in [-0.05, 0) is 30.2 Å². The van der Waals surface area contributed by atoms with E-state index < -0.39 is 12.8 Å². The molecule has 0 saturated heterocycles. The number of carbonyl (C=O) groups excluding carboxylic acids is 2. The topological polar surface area (TPSA) is 80.3 Å². The second kappa shape index (κ2) is 10.2. The number of hydrogen-bond donors (Lipinski definition) is 2. The highest BCUT2D eigenvalue weighted by atomic mass is 19.4. The van der Waals surface area contributed by atoms with E-state index in [1.807, 2.05) is 0 Å². The Hall–Kier alpha value is -2.94. The number of halogens is 3. The van der Waals surface area contributed by atoms with E-state index in [2.05, 4.69) is 20.4 Å². The van der Waals surface area contributed by atoms with Crippen LogP contribution in [0.25, 0.3) is 0 Å². The summed E-state index contributed by atoms with van der Waals surface area (Å²) in [5, 5.41) is 5.44. The molecule has 0 saturated carbocycles. The van der Waals surface area contributed by atoms with Crippen molar-refractivity contribution in [3.63, 3.8) is 0 Å². The van der Waals surface area contributed by atoms with Gasteiger partial charge in [-0.3, -0.25) is 9.59 Å². The molecule has 0 atom stereocenters. The highest BCUT2D eigenvalue weighted by molar-refractivity contribution is 5.97. The molecule has 162 valence electrons. The third kappa shape index (κ3) is 7.82. The van der Waals surface area contributed by atoms with E-state index >= 15 is 0 Å². The van der Waals surface area contributed by atoms with E-state index in [4.69, 9.17) is 0 Å². The van der Waals surface area contributed by atoms with Gasteiger partial charge < -0.3 is 15.4 Å². The first-order valence-corrected chi connectivity index (χ1v) is 9.33. The Morgan fingerprint density at radius 1 is 1.10 bits per heavy atom. The zero-order chi connectivity index (χ0) is 22.3. The molecule has 6 nitrogen and oxygen atoms in total. The summed E-state index contributed by atoms with van der Waals surface area (Å²) in [6, 6.07) is 9.82. The van der Waals surface area contributed by atoms with E-state index in [0.29, 0.717) is 22.6 Å². The summed E-state index contributed by atoms with van der Waals surface area (Å²) in [5.41, 5.74) is 2.33. The zero-order valence-electron chi connectivity index (χ0n) is 17.0. The Kier molecular flexibility index (Phi) is 7.93. The first kappa shape index (κ1) is 23.3. The lowest BCUT2D eigenvalue weighted by Gasteiger charge is -2.11. The number of nitrogens with one attached hydrogen (secondary N) is 2. The van der Waals surface area contributed by atoms with Crippen LogP contribution in [0.5, 0.6) is 0 Å². The van der Waals surface area contributed by atoms with Crippen LogP contribution in [0.1, 0.15) is 41.0 Å². The first-order chi connectivity index (χ1) is 14.0. The Balaban J connectivity index is 1.92. The fourth-order valence-corrected chi connectivity index (χ4v) is 2.46. The molecule has 0 fully saturated rings. The Morgan fingerprint density at radius 2 is 1.73 bits per heavy atom. The van der Waals surface area contributed by atoms with Gasteiger partial charge in [-0.25, -0.2) is 4.98 Å². The molecule has 0 aliphatic rings. The SMILES string of the molecule is Cc1cc(C(=O)NCc2ccc(COCC(F)(F)F)cc2)cc(NC(=O)C(C)C)n1. The highest BCUT2D eigenvalue weighted by Crippen LogP contribution is 2.16. The standard InChI is InChI=1S/C21H24F3N3O3/c1-13(2)19(28)27-18-9-17(8-14(3)26-18)20(29)25-10-15-4-6-16(7-5-15)11-30-12-21(22,23)24/h4-9,13H,10-12H2,1-3H3,(H,25,29)(H,26,27,28). The number of anilines is 1. The Morgan fingerprint density at radius 3 is 2.33 bits per heavy atom. The summed E-state index contributed by atoms with van der Waals surface area (Å²) in [7, 11) is 0. The third-order valence-corrected chi connectivity index (χ3v) is 4.00. The average molecular weight is 423 g/mol. The zero-order valence-corrected chi connectivity index (χ0v) is 17.0. The van der Waals surface area contributed by atoms with Crippen LogP contribution >= 0.6 is 0 Å². The number of aromatic nitrogens is 1. The van der Waals surface area contributed by atoms with Gasteiger partial charge in [-0.2, -0.15) is 13.2 Å². The van der Waals surface area contributed by atoms with Crippen molar-refractivity contribution in [2.24, 2.45) is 5.92 Å². The fourth-order valence-electron chi connectivity index (χ4n) is 2.46. The van der Waals surface area contributed by atoms with E-state index in [1.165, 1.54) is 6.07 Å². The molecule has 0 unspecified atom stereocenters. The van der Waals surface area contributed by atoms with Crippen LogP contribution in [0.2, 0.25) is 0 Å². The van der Waals surface area contributed by atoms with Crippen molar-refractivity contribution in [1.29, 1.82) is 0 Å². The third-order valence-electron chi connectivity index (χ3n) is 4.00. The summed E-state index contributed by atoms with van der Waals surface area (Å²) >= 11 is 0. The van der Waals surface area contributed by atoms with Crippen LogP contribution < -0.4 is 10.6 Å². The summed E-state index contributed by atoms with van der Waals surface area (Å²) in [6.07, 6.45) is -4.35. The van der Waals surface area contributed by atoms with Crippen LogP contribution in [0.4, 0.5) is 19.0 Å². The number of aryl methyl sites for hydroxylation is 1. The lowest BCUT2D eigenvalue weighted by molar-refractivity contribution is -0.176. The normalized spacial score (nSPS) is 11.4. The number of pyridine rings is 1. The number of amides is 2. The molecule has 2 aromatic rings. The van der Waals surface area contributed by atoms with E-state index in [1.54, 1.807) is 51.1 Å². The lowest BCUT2D eigenvalue weighted by atomic mass is 10.1. The predicted molar refractivity (Wildman–Crippen MR) is 106 cm³/mol. The number of carbonyl (C=O) groups is 2. The Labute approximate surface area is 172 Å². The maximum atomic E-state index is 12.5. The molecule has 0 aliphatic heterocycles. The Bertz CT molecular complexity index is 881. The summed E-state index contributed by atoms with van der Waals surface area (Å²) in [4.78, 5) is 28.5. The van der Waals surface area contributed by atoms with Gasteiger partial charge in [0.25, 0.3) is 5.91 Å². The number of rotatable bonds is 8. The van der Waals surface area contributed by atoms with Gasteiger partial charge in [0.15, 0.2) is 0 Å². The van der Waals surface area contributed by atoms with Gasteiger partial charge >= 0.3 is 6.18 Å². The van der Waals surface area contributed by atoms with Gasteiger partial charge in [-0.1, -0.05) is 38.1 Å². The van der Waals surface area contributed by atoms with Crippen molar-refractivity contribution >= 4 is 17.6 Å². The van der Waals surface area contributed by atoms with E-state index in [9.17, 15) is 22.8 Å². The van der Waals surface area contributed by atoms with E-state index in [0.717, 1.165) is 5.56 Å². The minimum Gasteiger partial charge on any atom is -0.367 e. The molecule has 1 aromatic carbocycles. The van der Waals surface area contributed by atoms with Gasteiger partial charge in [0.1, 0.15) is 12.4 Å². The second-order valence-corrected chi connectivity index (χ2v) is 7.13. The molecule has 0 bridgehead atoms. The summed E-state index contributed by atoms with van der Waals surface area (Å²) in [6.45, 7) is 4.03. The fraction of sp³-hybridized carbons (Fsp3) is 0.381. The molecule has 2 N–H and O–H groups in total. The van der Waals surface area contributed by atoms with Gasteiger partial charge in [0.2, 0.25) is 5.91 Å². The molecule has 0 radical (unpaired) electrons. The summed E-state index contributed by atoms with van der Waals surface area (Å²) < 4.78 is 40.9. The highest BCUT2D eigenvalue weighted by Gasteiger charge is 2.27. The van der Waals surface area contributed by atoms with Crippen LogP contribution in [0.15, 0.2) is 36.4 Å². The van der Waals surface area contributed by atoms with Gasteiger partial charge in [0, 0.05) is 23.7 Å². The van der Waals surface area contributed by atoms with E-state index in [-0.39, 0.29) is 30.9 Å². The molecule has 2 amide bonds. The molecule has 9 heteroatoms. The van der Waals surface area contributed by atoms with Crippen LogP contribution in [0.3, 0.4) is 0 Å². The summed E-state index contributed by atoms with van der Waals surface area (Å²) in [5.74, 6) is -0.439. The monoisotopic (exact) mass is 423 g/mol. The first-order valence-electron chi connectivity index (χ1n) is 9.33. The van der Waals surface area contributed by atoms with Gasteiger partial charge in [-0.15, -0.1) is 0 Å². The minimum absolute atomic E-state index is 0.146. The molecule has 0 aliphatic carbocycles. The number of hydrogen-bond acceptors (Lipinski definition) is 4. The second-order valence-electron chi connectivity index (χ2n) is 7.13. The predicted octanol–water partition coefficient (Wildman–Crippen LogP) is 3.99. The molecule has 0 spiro atoms. The van der Waals surface area contributed by atoms with Crippen molar-refractivity contribution in [2.75, 3.05) is 11.9 Å².